The number of ether oxygens (including phenoxy) is 1. The second kappa shape index (κ2) is 8.47. The van der Waals surface area contributed by atoms with Crippen molar-refractivity contribution in [1.82, 2.24) is 24.5 Å². The van der Waals surface area contributed by atoms with Crippen molar-refractivity contribution in [2.45, 2.75) is 12.8 Å². The zero-order chi connectivity index (χ0) is 21.9. The number of aromatic amines is 1. The maximum atomic E-state index is 13.3. The van der Waals surface area contributed by atoms with Crippen LogP contribution >= 0.6 is 0 Å². The molecule has 0 bridgehead atoms. The summed E-state index contributed by atoms with van der Waals surface area (Å²) in [5.41, 5.74) is 4.98. The lowest BCUT2D eigenvalue weighted by Crippen LogP contribution is -2.18. The Labute approximate surface area is 184 Å². The lowest BCUT2D eigenvalue weighted by Gasteiger charge is -2.13. The van der Waals surface area contributed by atoms with E-state index in [1.807, 2.05) is 54.7 Å². The Kier molecular flexibility index (Phi) is 5.21. The van der Waals surface area contributed by atoms with Crippen LogP contribution in [0.2, 0.25) is 0 Å². The number of hydrogen-bond donors (Lipinski definition) is 1. The fourth-order valence-electron chi connectivity index (χ4n) is 3.71. The van der Waals surface area contributed by atoms with Crippen LogP contribution in [0.25, 0.3) is 17.1 Å². The monoisotopic (exact) mass is 423 g/mol. The van der Waals surface area contributed by atoms with Gasteiger partial charge in [-0.25, -0.2) is 15.0 Å². The Bertz CT molecular complexity index is 1360. The van der Waals surface area contributed by atoms with Crippen LogP contribution in [-0.2, 0) is 12.8 Å². The highest BCUT2D eigenvalue weighted by atomic mass is 16.5. The molecule has 0 saturated carbocycles. The maximum Gasteiger partial charge on any atom is 0.316 e. The van der Waals surface area contributed by atoms with Gasteiger partial charge < -0.3 is 9.72 Å². The highest BCUT2D eigenvalue weighted by Gasteiger charge is 2.20. The van der Waals surface area contributed by atoms with Gasteiger partial charge in [0.05, 0.1) is 18.5 Å². The molecule has 0 spiro atoms. The van der Waals surface area contributed by atoms with Crippen molar-refractivity contribution in [2.24, 2.45) is 0 Å². The van der Waals surface area contributed by atoms with Crippen LogP contribution in [0.4, 0.5) is 0 Å². The van der Waals surface area contributed by atoms with E-state index in [1.54, 1.807) is 17.0 Å². The van der Waals surface area contributed by atoms with Crippen LogP contribution in [0.3, 0.4) is 0 Å². The first-order chi connectivity index (χ1) is 15.7. The van der Waals surface area contributed by atoms with E-state index in [0.29, 0.717) is 30.4 Å². The Hall–Kier alpha value is -4.26. The van der Waals surface area contributed by atoms with Crippen LogP contribution in [0.5, 0.6) is 6.01 Å². The third-order valence-electron chi connectivity index (χ3n) is 5.29. The lowest BCUT2D eigenvalue weighted by atomic mass is 10.1. The summed E-state index contributed by atoms with van der Waals surface area (Å²) in [5, 5.41) is 0. The number of benzene rings is 2. The molecule has 2 aliphatic heterocycles. The molecule has 0 unspecified atom stereocenters. The molecular formula is C25H21N5O2. The van der Waals surface area contributed by atoms with Gasteiger partial charge in [0.2, 0.25) is 0 Å². The van der Waals surface area contributed by atoms with Crippen molar-refractivity contribution >= 4 is 0 Å². The molecule has 0 amide bonds. The molecule has 2 aromatic carbocycles. The van der Waals surface area contributed by atoms with E-state index >= 15 is 0 Å². The minimum Gasteiger partial charge on any atom is -0.467 e. The van der Waals surface area contributed by atoms with Crippen molar-refractivity contribution in [3.8, 4) is 23.1 Å². The third-order valence-corrected chi connectivity index (χ3v) is 5.29. The number of nitrogens with one attached hydrogen (secondary N) is 1. The second-order valence-electron chi connectivity index (χ2n) is 7.49. The van der Waals surface area contributed by atoms with Crippen molar-refractivity contribution in [2.75, 3.05) is 7.11 Å². The largest absolute Gasteiger partial charge is 0.467 e. The topological polar surface area (TPSA) is 85.7 Å². The molecule has 1 aromatic heterocycles. The van der Waals surface area contributed by atoms with Gasteiger partial charge in [-0.15, -0.1) is 0 Å². The molecule has 5 rings (SSSR count). The van der Waals surface area contributed by atoms with Gasteiger partial charge in [-0.3, -0.25) is 9.36 Å². The number of aromatic nitrogens is 5. The fraction of sp³-hybridized carbons (Fsp3) is 0.120. The molecular weight excluding hydrogens is 402 g/mol. The third kappa shape index (κ3) is 3.88. The van der Waals surface area contributed by atoms with Crippen molar-refractivity contribution in [3.63, 3.8) is 0 Å². The zero-order valence-corrected chi connectivity index (χ0v) is 17.5. The Morgan fingerprint density at radius 2 is 1.59 bits per heavy atom. The predicted molar refractivity (Wildman–Crippen MR) is 121 cm³/mol. The van der Waals surface area contributed by atoms with Gasteiger partial charge in [-0.05, 0) is 16.7 Å². The lowest BCUT2D eigenvalue weighted by molar-refractivity contribution is 0.379. The first kappa shape index (κ1) is 19.7. The van der Waals surface area contributed by atoms with E-state index in [4.69, 9.17) is 9.72 Å². The molecule has 7 nitrogen and oxygen atoms in total. The van der Waals surface area contributed by atoms with E-state index in [0.717, 1.165) is 28.1 Å². The molecule has 3 aromatic rings. The minimum atomic E-state index is -0.142. The number of imidazole rings is 1. The van der Waals surface area contributed by atoms with E-state index < -0.39 is 0 Å². The highest BCUT2D eigenvalue weighted by Crippen LogP contribution is 2.23. The number of fused-ring (bicyclic) bond motifs is 1. The summed E-state index contributed by atoms with van der Waals surface area (Å²) in [6, 6.07) is 20.4. The summed E-state index contributed by atoms with van der Waals surface area (Å²) in [4.78, 5) is 29.7. The first-order valence-electron chi connectivity index (χ1n) is 10.3. The average molecular weight is 423 g/mol. The Morgan fingerprint density at radius 3 is 2.28 bits per heavy atom. The van der Waals surface area contributed by atoms with E-state index in [-0.39, 0.29) is 5.56 Å². The smallest absolute Gasteiger partial charge is 0.316 e. The van der Waals surface area contributed by atoms with Crippen LogP contribution in [0.1, 0.15) is 22.5 Å². The number of rotatable bonds is 6. The molecule has 1 N–H and O–H groups in total. The molecule has 7 heteroatoms. The summed E-state index contributed by atoms with van der Waals surface area (Å²) in [6.45, 7) is 0. The summed E-state index contributed by atoms with van der Waals surface area (Å²) < 4.78 is 6.65. The molecule has 0 radical (unpaired) electrons. The van der Waals surface area contributed by atoms with Crippen LogP contribution < -0.4 is 10.3 Å². The van der Waals surface area contributed by atoms with Gasteiger partial charge in [0.1, 0.15) is 5.69 Å². The molecule has 0 fully saturated rings. The van der Waals surface area contributed by atoms with Gasteiger partial charge in [0.25, 0.3) is 5.56 Å². The van der Waals surface area contributed by atoms with Crippen molar-refractivity contribution in [1.29, 1.82) is 0 Å². The van der Waals surface area contributed by atoms with E-state index in [9.17, 15) is 4.79 Å². The van der Waals surface area contributed by atoms with Crippen LogP contribution in [0.15, 0.2) is 84.0 Å². The fourth-order valence-corrected chi connectivity index (χ4v) is 3.71. The Morgan fingerprint density at radius 1 is 0.906 bits per heavy atom. The molecule has 0 saturated heterocycles. The molecule has 2 aliphatic rings. The van der Waals surface area contributed by atoms with Gasteiger partial charge in [0, 0.05) is 31.4 Å². The standard InChI is InChI=1S/C25H21N5O2/c1-32-25-26-14-18(15-27-25)13-21-24(31)30-16-22(19-10-6-3-7-11-19)28-20(23(30)29-21)12-17-8-4-2-5-9-17/h2-11,14-16,28H,12-13H2,1H3. The quantitative estimate of drug-likeness (QED) is 0.451. The number of hydrogen-bond acceptors (Lipinski definition) is 5. The highest BCUT2D eigenvalue weighted by molar-refractivity contribution is 5.60. The number of methoxy groups -OCH3 is 1. The van der Waals surface area contributed by atoms with Gasteiger partial charge in [-0.2, -0.15) is 0 Å². The molecule has 3 heterocycles. The molecule has 0 aliphatic carbocycles. The van der Waals surface area contributed by atoms with Crippen LogP contribution in [-0.4, -0.2) is 31.6 Å². The zero-order valence-electron chi connectivity index (χ0n) is 17.5. The molecule has 32 heavy (non-hydrogen) atoms. The number of nitrogens with zero attached hydrogens (tertiary/aromatic N) is 4. The van der Waals surface area contributed by atoms with E-state index in [1.165, 1.54) is 7.11 Å². The average Bonchev–Trinajstić information content (AvgIpc) is 3.16. The van der Waals surface area contributed by atoms with E-state index in [2.05, 4.69) is 27.1 Å². The van der Waals surface area contributed by atoms with Gasteiger partial charge in [-0.1, -0.05) is 60.7 Å². The predicted octanol–water partition coefficient (Wildman–Crippen LogP) is 3.65. The summed E-state index contributed by atoms with van der Waals surface area (Å²) >= 11 is 0. The summed E-state index contributed by atoms with van der Waals surface area (Å²) in [5.74, 6) is 0.628. The Balaban J connectivity index is 1.61. The second-order valence-corrected chi connectivity index (χ2v) is 7.49. The first-order valence-corrected chi connectivity index (χ1v) is 10.3. The number of H-pyrrole nitrogens is 1. The van der Waals surface area contributed by atoms with Gasteiger partial charge in [0.15, 0.2) is 5.82 Å². The minimum absolute atomic E-state index is 0.142. The van der Waals surface area contributed by atoms with Crippen LogP contribution in [0, 0.1) is 0 Å². The molecule has 158 valence electrons. The summed E-state index contributed by atoms with van der Waals surface area (Å²) in [7, 11) is 1.52. The summed E-state index contributed by atoms with van der Waals surface area (Å²) in [6.07, 6.45) is 6.11. The van der Waals surface area contributed by atoms with Crippen molar-refractivity contribution in [3.05, 3.63) is 112 Å². The normalized spacial score (nSPS) is 11.0. The SMILES string of the molecule is COc1ncc(Cc2nc3c(Cc4ccccc4)[nH]c(-c4ccccc4)cn-3c2=O)cn1. The molecule has 0 atom stereocenters. The van der Waals surface area contributed by atoms with Crippen molar-refractivity contribution < 1.29 is 4.74 Å². The van der Waals surface area contributed by atoms with Gasteiger partial charge >= 0.3 is 6.01 Å². The maximum absolute atomic E-state index is 13.3.